The fourth-order valence-corrected chi connectivity index (χ4v) is 4.60. The van der Waals surface area contributed by atoms with Crippen LogP contribution in [0.25, 0.3) is 0 Å². The molecule has 0 saturated heterocycles. The van der Waals surface area contributed by atoms with Crippen LogP contribution in [0.4, 0.5) is 14.5 Å². The standard InChI is InChI=1S/C24H31F2N3O4S/c1-4-21(24(31)27-5-2)28(17-18-12-14-19(25)15-13-18)23(30)11-8-16-29(34(3,32)33)22-10-7-6-9-20(22)26/h6-7,9-10,12-15,21H,4-5,8,11,16-17H2,1-3H3,(H,27,31). The fourth-order valence-electron chi connectivity index (χ4n) is 3.63. The molecule has 1 N–H and O–H groups in total. The van der Waals surface area contributed by atoms with E-state index in [0.29, 0.717) is 18.5 Å². The van der Waals surface area contributed by atoms with Crippen LogP contribution in [0.3, 0.4) is 0 Å². The fraction of sp³-hybridized carbons (Fsp3) is 0.417. The van der Waals surface area contributed by atoms with Gasteiger partial charge in [0.2, 0.25) is 21.8 Å². The van der Waals surface area contributed by atoms with E-state index in [1.807, 2.05) is 0 Å². The van der Waals surface area contributed by atoms with Gasteiger partial charge in [-0.1, -0.05) is 31.2 Å². The molecule has 10 heteroatoms. The first-order valence-corrected chi connectivity index (χ1v) is 13.0. The maximum absolute atomic E-state index is 14.2. The van der Waals surface area contributed by atoms with Gasteiger partial charge in [0.1, 0.15) is 17.7 Å². The molecule has 0 aliphatic heterocycles. The highest BCUT2D eigenvalue weighted by molar-refractivity contribution is 7.92. The van der Waals surface area contributed by atoms with Crippen LogP contribution >= 0.6 is 0 Å². The minimum atomic E-state index is -3.78. The van der Waals surface area contributed by atoms with E-state index >= 15 is 0 Å². The number of nitrogens with one attached hydrogen (secondary N) is 1. The van der Waals surface area contributed by atoms with Crippen LogP contribution in [0.5, 0.6) is 0 Å². The predicted molar refractivity (Wildman–Crippen MR) is 128 cm³/mol. The number of likely N-dealkylation sites (N-methyl/N-ethyl adjacent to an activating group) is 1. The zero-order chi connectivity index (χ0) is 25.3. The third kappa shape index (κ3) is 7.51. The number of nitrogens with zero attached hydrogens (tertiary/aromatic N) is 2. The maximum atomic E-state index is 14.2. The first-order chi connectivity index (χ1) is 16.1. The normalized spacial score (nSPS) is 12.1. The van der Waals surface area contributed by atoms with Crippen LogP contribution in [-0.4, -0.2) is 50.5 Å². The molecule has 0 aliphatic carbocycles. The van der Waals surface area contributed by atoms with E-state index in [-0.39, 0.29) is 43.4 Å². The second kappa shape index (κ2) is 12.5. The van der Waals surface area contributed by atoms with Crippen LogP contribution in [0.15, 0.2) is 48.5 Å². The second-order valence-electron chi connectivity index (χ2n) is 7.86. The van der Waals surface area contributed by atoms with E-state index in [2.05, 4.69) is 5.32 Å². The van der Waals surface area contributed by atoms with Gasteiger partial charge < -0.3 is 10.2 Å². The molecule has 2 aromatic carbocycles. The summed E-state index contributed by atoms with van der Waals surface area (Å²) >= 11 is 0. The molecule has 2 amide bonds. The number of carbonyl (C=O) groups is 2. The van der Waals surface area contributed by atoms with Crippen LogP contribution in [0, 0.1) is 11.6 Å². The van der Waals surface area contributed by atoms with E-state index in [4.69, 9.17) is 0 Å². The third-order valence-corrected chi connectivity index (χ3v) is 6.46. The van der Waals surface area contributed by atoms with Crippen molar-refractivity contribution in [2.75, 3.05) is 23.7 Å². The molecule has 0 spiro atoms. The van der Waals surface area contributed by atoms with Gasteiger partial charge >= 0.3 is 0 Å². The van der Waals surface area contributed by atoms with Gasteiger partial charge in [-0.05, 0) is 49.6 Å². The quantitative estimate of drug-likeness (QED) is 0.489. The molecule has 2 aromatic rings. The Balaban J connectivity index is 2.20. The monoisotopic (exact) mass is 495 g/mol. The van der Waals surface area contributed by atoms with E-state index in [0.717, 1.165) is 10.6 Å². The first-order valence-electron chi connectivity index (χ1n) is 11.1. The van der Waals surface area contributed by atoms with Crippen LogP contribution in [0.1, 0.15) is 38.7 Å². The molecule has 7 nitrogen and oxygen atoms in total. The minimum absolute atomic E-state index is 0.0580. The molecular formula is C24H31F2N3O4S. The Bertz CT molecular complexity index is 1080. The van der Waals surface area contributed by atoms with E-state index < -0.39 is 27.7 Å². The van der Waals surface area contributed by atoms with Crippen molar-refractivity contribution in [1.82, 2.24) is 10.2 Å². The summed E-state index contributed by atoms with van der Waals surface area (Å²) in [6.45, 7) is 3.96. The Morgan fingerprint density at radius 3 is 2.24 bits per heavy atom. The molecule has 34 heavy (non-hydrogen) atoms. The van der Waals surface area contributed by atoms with Crippen molar-refractivity contribution < 1.29 is 26.8 Å². The molecule has 186 valence electrons. The van der Waals surface area contributed by atoms with Crippen molar-refractivity contribution in [3.8, 4) is 0 Å². The number of sulfonamides is 1. The van der Waals surface area contributed by atoms with Gasteiger partial charge in [0.15, 0.2) is 0 Å². The van der Waals surface area contributed by atoms with E-state index in [1.165, 1.54) is 41.3 Å². The lowest BCUT2D eigenvalue weighted by Gasteiger charge is -2.31. The van der Waals surface area contributed by atoms with Gasteiger partial charge in [0.25, 0.3) is 0 Å². The third-order valence-electron chi connectivity index (χ3n) is 5.28. The number of hydrogen-bond donors (Lipinski definition) is 1. The zero-order valence-electron chi connectivity index (χ0n) is 19.6. The highest BCUT2D eigenvalue weighted by Gasteiger charge is 2.28. The van der Waals surface area contributed by atoms with Gasteiger partial charge in [-0.15, -0.1) is 0 Å². The predicted octanol–water partition coefficient (Wildman–Crippen LogP) is 3.45. The number of para-hydroxylation sites is 1. The molecule has 0 aliphatic rings. The molecule has 0 heterocycles. The molecule has 0 bridgehead atoms. The van der Waals surface area contributed by atoms with Crippen LogP contribution in [-0.2, 0) is 26.2 Å². The summed E-state index contributed by atoms with van der Waals surface area (Å²) in [5.74, 6) is -1.75. The summed E-state index contributed by atoms with van der Waals surface area (Å²) in [5.41, 5.74) is 0.566. The number of rotatable bonds is 12. The SMILES string of the molecule is CCNC(=O)C(CC)N(Cc1ccc(F)cc1)C(=O)CCCN(c1ccccc1F)S(C)(=O)=O. The van der Waals surface area contributed by atoms with Crippen molar-refractivity contribution in [2.45, 2.75) is 45.7 Å². The van der Waals surface area contributed by atoms with Crippen molar-refractivity contribution in [1.29, 1.82) is 0 Å². The molecule has 2 rings (SSSR count). The van der Waals surface area contributed by atoms with Gasteiger partial charge in [-0.25, -0.2) is 17.2 Å². The maximum Gasteiger partial charge on any atom is 0.242 e. The smallest absolute Gasteiger partial charge is 0.242 e. The summed E-state index contributed by atoms with van der Waals surface area (Å²) in [7, 11) is -3.78. The molecule has 0 aromatic heterocycles. The Hall–Kier alpha value is -3.01. The Morgan fingerprint density at radius 1 is 1.03 bits per heavy atom. The largest absolute Gasteiger partial charge is 0.355 e. The lowest BCUT2D eigenvalue weighted by Crippen LogP contribution is -2.49. The highest BCUT2D eigenvalue weighted by atomic mass is 32.2. The first kappa shape index (κ1) is 27.2. The molecule has 0 radical (unpaired) electrons. The van der Waals surface area contributed by atoms with E-state index in [1.54, 1.807) is 26.0 Å². The number of benzene rings is 2. The zero-order valence-corrected chi connectivity index (χ0v) is 20.4. The van der Waals surface area contributed by atoms with Crippen LogP contribution < -0.4 is 9.62 Å². The molecule has 1 unspecified atom stereocenters. The molecule has 1 atom stereocenters. The summed E-state index contributed by atoms with van der Waals surface area (Å²) in [4.78, 5) is 27.2. The summed E-state index contributed by atoms with van der Waals surface area (Å²) < 4.78 is 53.0. The Kier molecular flexibility index (Phi) is 9.97. The number of halogens is 2. The summed E-state index contributed by atoms with van der Waals surface area (Å²) in [5, 5.41) is 2.73. The average Bonchev–Trinajstić information content (AvgIpc) is 2.78. The lowest BCUT2D eigenvalue weighted by atomic mass is 10.1. The minimum Gasteiger partial charge on any atom is -0.355 e. The molecule has 0 saturated carbocycles. The van der Waals surface area contributed by atoms with Gasteiger partial charge in [-0.3, -0.25) is 13.9 Å². The number of hydrogen-bond acceptors (Lipinski definition) is 4. The molecular weight excluding hydrogens is 464 g/mol. The second-order valence-corrected chi connectivity index (χ2v) is 9.76. The van der Waals surface area contributed by atoms with Gasteiger partial charge in [0.05, 0.1) is 11.9 Å². The number of anilines is 1. The number of carbonyl (C=O) groups excluding carboxylic acids is 2. The van der Waals surface area contributed by atoms with Crippen molar-refractivity contribution in [2.24, 2.45) is 0 Å². The van der Waals surface area contributed by atoms with Crippen molar-refractivity contribution in [3.63, 3.8) is 0 Å². The highest BCUT2D eigenvalue weighted by Crippen LogP contribution is 2.22. The summed E-state index contributed by atoms with van der Waals surface area (Å²) in [6, 6.07) is 10.4. The van der Waals surface area contributed by atoms with Crippen molar-refractivity contribution in [3.05, 3.63) is 65.7 Å². The van der Waals surface area contributed by atoms with Gasteiger partial charge in [0, 0.05) is 26.1 Å². The van der Waals surface area contributed by atoms with E-state index in [9.17, 15) is 26.8 Å². The number of amides is 2. The topological polar surface area (TPSA) is 86.8 Å². The average molecular weight is 496 g/mol. The Labute approximate surface area is 199 Å². The van der Waals surface area contributed by atoms with Gasteiger partial charge in [-0.2, -0.15) is 0 Å². The molecule has 0 fully saturated rings. The summed E-state index contributed by atoms with van der Waals surface area (Å²) in [6.07, 6.45) is 1.40. The Morgan fingerprint density at radius 2 is 1.68 bits per heavy atom. The lowest BCUT2D eigenvalue weighted by molar-refractivity contribution is -0.141. The van der Waals surface area contributed by atoms with Crippen molar-refractivity contribution >= 4 is 27.5 Å². The van der Waals surface area contributed by atoms with Crippen LogP contribution in [0.2, 0.25) is 0 Å².